The predicted molar refractivity (Wildman–Crippen MR) is 99.7 cm³/mol. The van der Waals surface area contributed by atoms with Crippen LogP contribution >= 0.6 is 0 Å². The number of benzene rings is 1. The fourth-order valence-electron chi connectivity index (χ4n) is 3.51. The minimum Gasteiger partial charge on any atom is -0.349 e. The average molecular weight is 336 g/mol. The maximum atomic E-state index is 4.89. The van der Waals surface area contributed by atoms with Crippen LogP contribution in [0, 0.1) is 5.92 Å². The van der Waals surface area contributed by atoms with Crippen LogP contribution in [0.25, 0.3) is 17.0 Å². The number of rotatable bonds is 3. The second kappa shape index (κ2) is 6.44. The molecule has 3 aromatic rings. The molecule has 25 heavy (non-hydrogen) atoms. The Kier molecular flexibility index (Phi) is 4.13. The van der Waals surface area contributed by atoms with E-state index in [0.717, 1.165) is 42.5 Å². The van der Waals surface area contributed by atoms with Gasteiger partial charge in [0, 0.05) is 31.2 Å². The van der Waals surface area contributed by atoms with Crippen molar-refractivity contribution in [3.63, 3.8) is 0 Å². The van der Waals surface area contributed by atoms with Gasteiger partial charge in [-0.15, -0.1) is 15.3 Å². The van der Waals surface area contributed by atoms with Crippen LogP contribution in [0.1, 0.15) is 13.8 Å². The van der Waals surface area contributed by atoms with Crippen molar-refractivity contribution in [3.05, 3.63) is 42.5 Å². The van der Waals surface area contributed by atoms with Crippen LogP contribution in [0.5, 0.6) is 0 Å². The van der Waals surface area contributed by atoms with Gasteiger partial charge in [0.1, 0.15) is 5.82 Å². The molecule has 0 spiro atoms. The molecule has 6 heteroatoms. The van der Waals surface area contributed by atoms with Gasteiger partial charge in [0.15, 0.2) is 11.5 Å². The molecule has 0 aliphatic carbocycles. The molecule has 0 saturated carbocycles. The maximum absolute atomic E-state index is 4.89. The highest BCUT2D eigenvalue weighted by molar-refractivity contribution is 5.59. The second-order valence-electron chi connectivity index (χ2n) is 7.12. The summed E-state index contributed by atoms with van der Waals surface area (Å²) >= 11 is 0. The zero-order valence-corrected chi connectivity index (χ0v) is 15.0. The highest BCUT2D eigenvalue weighted by Crippen LogP contribution is 2.24. The molecule has 3 heterocycles. The van der Waals surface area contributed by atoms with E-state index >= 15 is 0 Å². The van der Waals surface area contributed by atoms with Gasteiger partial charge in [0.25, 0.3) is 0 Å². The molecule has 1 aliphatic rings. The molecular weight excluding hydrogens is 312 g/mol. The van der Waals surface area contributed by atoms with Gasteiger partial charge in [-0.25, -0.2) is 0 Å². The Labute approximate surface area is 148 Å². The molecule has 1 atom stereocenters. The molecule has 1 saturated heterocycles. The van der Waals surface area contributed by atoms with Crippen LogP contribution in [0.4, 0.5) is 5.82 Å². The summed E-state index contributed by atoms with van der Waals surface area (Å²) in [6, 6.07) is 14.6. The molecule has 130 valence electrons. The Morgan fingerprint density at radius 2 is 1.80 bits per heavy atom. The number of nitrogens with zero attached hydrogens (tertiary/aromatic N) is 6. The van der Waals surface area contributed by atoms with Crippen LogP contribution in [0.15, 0.2) is 42.5 Å². The number of hydrogen-bond donors (Lipinski definition) is 0. The van der Waals surface area contributed by atoms with E-state index in [-0.39, 0.29) is 0 Å². The lowest BCUT2D eigenvalue weighted by Crippen LogP contribution is -2.54. The van der Waals surface area contributed by atoms with E-state index in [1.54, 1.807) is 0 Å². The summed E-state index contributed by atoms with van der Waals surface area (Å²) in [6.07, 6.45) is 0. The van der Waals surface area contributed by atoms with Crippen molar-refractivity contribution < 1.29 is 0 Å². The molecular formula is C19H24N6. The molecule has 6 nitrogen and oxygen atoms in total. The molecule has 2 aromatic heterocycles. The minimum absolute atomic E-state index is 0.459. The Balaban J connectivity index is 1.76. The summed E-state index contributed by atoms with van der Waals surface area (Å²) in [5, 5.41) is 13.5. The number of piperazine rings is 1. The lowest BCUT2D eigenvalue weighted by atomic mass is 10.00. The molecule has 0 amide bonds. The first kappa shape index (κ1) is 16.0. The average Bonchev–Trinajstić information content (AvgIpc) is 3.05. The number of hydrogen-bond acceptors (Lipinski definition) is 5. The fraction of sp³-hybridized carbons (Fsp3) is 0.421. The van der Waals surface area contributed by atoms with Gasteiger partial charge in [0.05, 0.1) is 0 Å². The monoisotopic (exact) mass is 336 g/mol. The SMILES string of the molecule is CC(C)C1CN(C)CCN1c1ccc2nnc(-c3ccccc3)n2n1. The molecule has 1 unspecified atom stereocenters. The van der Waals surface area contributed by atoms with Crippen molar-refractivity contribution in [2.45, 2.75) is 19.9 Å². The normalized spacial score (nSPS) is 19.0. The van der Waals surface area contributed by atoms with E-state index in [2.05, 4.69) is 47.0 Å². The molecule has 1 aromatic carbocycles. The number of fused-ring (bicyclic) bond motifs is 1. The van der Waals surface area contributed by atoms with E-state index in [1.807, 2.05) is 40.9 Å². The largest absolute Gasteiger partial charge is 0.349 e. The van der Waals surface area contributed by atoms with Crippen molar-refractivity contribution in [3.8, 4) is 11.4 Å². The zero-order chi connectivity index (χ0) is 17.4. The second-order valence-corrected chi connectivity index (χ2v) is 7.12. The summed E-state index contributed by atoms with van der Waals surface area (Å²) in [5.41, 5.74) is 1.80. The number of anilines is 1. The third-order valence-corrected chi connectivity index (χ3v) is 4.97. The van der Waals surface area contributed by atoms with E-state index in [0.29, 0.717) is 12.0 Å². The lowest BCUT2D eigenvalue weighted by molar-refractivity contribution is 0.235. The first-order chi connectivity index (χ1) is 12.1. The number of aromatic nitrogens is 4. The molecule has 0 N–H and O–H groups in total. The van der Waals surface area contributed by atoms with Crippen LogP contribution in [0.2, 0.25) is 0 Å². The van der Waals surface area contributed by atoms with E-state index in [1.165, 1.54) is 0 Å². The number of likely N-dealkylation sites (N-methyl/N-ethyl adjacent to an activating group) is 1. The lowest BCUT2D eigenvalue weighted by Gasteiger charge is -2.42. The van der Waals surface area contributed by atoms with Crippen LogP contribution in [0.3, 0.4) is 0 Å². The van der Waals surface area contributed by atoms with Crippen molar-refractivity contribution >= 4 is 11.5 Å². The van der Waals surface area contributed by atoms with E-state index < -0.39 is 0 Å². The topological polar surface area (TPSA) is 49.6 Å². The minimum atomic E-state index is 0.459. The highest BCUT2D eigenvalue weighted by Gasteiger charge is 2.29. The van der Waals surface area contributed by atoms with Crippen molar-refractivity contribution in [2.24, 2.45) is 5.92 Å². The summed E-state index contributed by atoms with van der Waals surface area (Å²) in [7, 11) is 2.19. The Morgan fingerprint density at radius 1 is 1.00 bits per heavy atom. The Morgan fingerprint density at radius 3 is 2.56 bits per heavy atom. The standard InChI is InChI=1S/C19H24N6/c1-14(2)16-13-23(3)11-12-24(16)18-10-9-17-20-21-19(25(17)22-18)15-7-5-4-6-8-15/h4-10,14,16H,11-13H2,1-3H3. The van der Waals surface area contributed by atoms with Crippen molar-refractivity contribution in [1.82, 2.24) is 24.7 Å². The molecule has 0 radical (unpaired) electrons. The Hall–Kier alpha value is -2.47. The highest BCUT2D eigenvalue weighted by atomic mass is 15.4. The third-order valence-electron chi connectivity index (χ3n) is 4.97. The van der Waals surface area contributed by atoms with Crippen molar-refractivity contribution in [1.29, 1.82) is 0 Å². The molecule has 0 bridgehead atoms. The quantitative estimate of drug-likeness (QED) is 0.736. The summed E-state index contributed by atoms with van der Waals surface area (Å²) < 4.78 is 1.86. The van der Waals surface area contributed by atoms with Crippen LogP contribution < -0.4 is 4.90 Å². The Bertz CT molecular complexity index is 857. The van der Waals surface area contributed by atoms with Gasteiger partial charge in [0.2, 0.25) is 0 Å². The van der Waals surface area contributed by atoms with Crippen LogP contribution in [-0.2, 0) is 0 Å². The molecule has 4 rings (SSSR count). The third kappa shape index (κ3) is 2.98. The van der Waals surface area contributed by atoms with Crippen molar-refractivity contribution in [2.75, 3.05) is 31.6 Å². The van der Waals surface area contributed by atoms with E-state index in [9.17, 15) is 0 Å². The van der Waals surface area contributed by atoms with Gasteiger partial charge in [-0.05, 0) is 25.1 Å². The fourth-order valence-corrected chi connectivity index (χ4v) is 3.51. The van der Waals surface area contributed by atoms with E-state index in [4.69, 9.17) is 5.10 Å². The first-order valence-electron chi connectivity index (χ1n) is 8.86. The predicted octanol–water partition coefficient (Wildman–Crippen LogP) is 2.57. The molecule has 1 fully saturated rings. The van der Waals surface area contributed by atoms with Gasteiger partial charge in [-0.3, -0.25) is 0 Å². The summed E-state index contributed by atoms with van der Waals surface area (Å²) in [5.74, 6) is 2.35. The summed E-state index contributed by atoms with van der Waals surface area (Å²) in [4.78, 5) is 4.83. The smallest absolute Gasteiger partial charge is 0.185 e. The maximum Gasteiger partial charge on any atom is 0.185 e. The van der Waals surface area contributed by atoms with Gasteiger partial charge in [-0.2, -0.15) is 4.52 Å². The van der Waals surface area contributed by atoms with Gasteiger partial charge >= 0.3 is 0 Å². The first-order valence-corrected chi connectivity index (χ1v) is 8.86. The van der Waals surface area contributed by atoms with Crippen LogP contribution in [-0.4, -0.2) is 57.4 Å². The van der Waals surface area contributed by atoms with Gasteiger partial charge < -0.3 is 9.80 Å². The summed E-state index contributed by atoms with van der Waals surface area (Å²) in [6.45, 7) is 7.66. The molecule has 1 aliphatic heterocycles. The van der Waals surface area contributed by atoms with Gasteiger partial charge in [-0.1, -0.05) is 44.2 Å². The zero-order valence-electron chi connectivity index (χ0n) is 15.0.